The van der Waals surface area contributed by atoms with E-state index >= 15 is 0 Å². The highest BCUT2D eigenvalue weighted by Crippen LogP contribution is 2.18. The summed E-state index contributed by atoms with van der Waals surface area (Å²) in [6.45, 7) is 0. The SMILES string of the molecule is N#Cc1ccc(NC(=O)C(=O)Nc2c(F)cccc2F)cc1. The normalized spacial score (nSPS) is 9.68. The maximum atomic E-state index is 13.4. The van der Waals surface area contributed by atoms with E-state index in [0.29, 0.717) is 5.56 Å². The number of hydrogen-bond acceptors (Lipinski definition) is 3. The van der Waals surface area contributed by atoms with E-state index in [9.17, 15) is 18.4 Å². The van der Waals surface area contributed by atoms with Crippen LogP contribution in [0.15, 0.2) is 42.5 Å². The third-order valence-electron chi connectivity index (χ3n) is 2.68. The molecule has 0 heterocycles. The third kappa shape index (κ3) is 3.43. The van der Waals surface area contributed by atoms with Crippen molar-refractivity contribution < 1.29 is 18.4 Å². The maximum Gasteiger partial charge on any atom is 0.314 e. The van der Waals surface area contributed by atoms with Crippen LogP contribution in [-0.4, -0.2) is 11.8 Å². The quantitative estimate of drug-likeness (QED) is 0.836. The molecule has 0 radical (unpaired) electrons. The minimum absolute atomic E-state index is 0.271. The molecule has 2 aromatic rings. The van der Waals surface area contributed by atoms with Gasteiger partial charge in [0.25, 0.3) is 0 Å². The van der Waals surface area contributed by atoms with Gasteiger partial charge in [-0.15, -0.1) is 0 Å². The molecule has 22 heavy (non-hydrogen) atoms. The van der Waals surface area contributed by atoms with Crippen molar-refractivity contribution in [3.63, 3.8) is 0 Å². The van der Waals surface area contributed by atoms with E-state index in [2.05, 4.69) is 5.32 Å². The van der Waals surface area contributed by atoms with Crippen LogP contribution in [0.4, 0.5) is 20.2 Å². The van der Waals surface area contributed by atoms with E-state index in [1.807, 2.05) is 11.4 Å². The van der Waals surface area contributed by atoms with Crippen LogP contribution in [0.2, 0.25) is 0 Å². The topological polar surface area (TPSA) is 82.0 Å². The van der Waals surface area contributed by atoms with Crippen molar-refractivity contribution in [1.82, 2.24) is 0 Å². The lowest BCUT2D eigenvalue weighted by Gasteiger charge is -2.08. The average molecular weight is 301 g/mol. The van der Waals surface area contributed by atoms with Crippen LogP contribution in [-0.2, 0) is 9.59 Å². The first-order chi connectivity index (χ1) is 10.5. The molecule has 0 saturated carbocycles. The number of benzene rings is 2. The Bertz CT molecular complexity index is 747. The molecule has 110 valence electrons. The summed E-state index contributed by atoms with van der Waals surface area (Å²) in [5.41, 5.74) is -0.0356. The molecule has 0 aromatic heterocycles. The lowest BCUT2D eigenvalue weighted by atomic mass is 10.2. The Morgan fingerprint density at radius 3 is 2.00 bits per heavy atom. The lowest BCUT2D eigenvalue weighted by molar-refractivity contribution is -0.133. The number of carbonyl (C=O) groups excluding carboxylic acids is 2. The average Bonchev–Trinajstić information content (AvgIpc) is 2.51. The fourth-order valence-electron chi connectivity index (χ4n) is 1.60. The molecule has 2 amide bonds. The van der Waals surface area contributed by atoms with Crippen molar-refractivity contribution >= 4 is 23.2 Å². The number of hydrogen-bond donors (Lipinski definition) is 2. The van der Waals surface area contributed by atoms with Crippen molar-refractivity contribution in [2.45, 2.75) is 0 Å². The number of amides is 2. The molecule has 0 atom stereocenters. The minimum Gasteiger partial charge on any atom is -0.318 e. The first-order valence-electron chi connectivity index (χ1n) is 6.08. The summed E-state index contributed by atoms with van der Waals surface area (Å²) < 4.78 is 26.7. The van der Waals surface area contributed by atoms with Crippen LogP contribution in [0.25, 0.3) is 0 Å². The van der Waals surface area contributed by atoms with Crippen LogP contribution in [0, 0.1) is 23.0 Å². The van der Waals surface area contributed by atoms with Crippen molar-refractivity contribution in [3.8, 4) is 6.07 Å². The number of nitrogens with one attached hydrogen (secondary N) is 2. The summed E-state index contributed by atoms with van der Waals surface area (Å²) in [6.07, 6.45) is 0. The molecule has 0 bridgehead atoms. The van der Waals surface area contributed by atoms with Crippen molar-refractivity contribution in [1.29, 1.82) is 5.26 Å². The molecule has 0 fully saturated rings. The van der Waals surface area contributed by atoms with Gasteiger partial charge in [0.1, 0.15) is 17.3 Å². The second-order valence-corrected chi connectivity index (χ2v) is 4.19. The Labute approximate surface area is 124 Å². The second-order valence-electron chi connectivity index (χ2n) is 4.19. The minimum atomic E-state index is -1.21. The van der Waals surface area contributed by atoms with Gasteiger partial charge in [-0.05, 0) is 36.4 Å². The highest BCUT2D eigenvalue weighted by atomic mass is 19.1. The van der Waals surface area contributed by atoms with Crippen LogP contribution in [0.1, 0.15) is 5.56 Å². The van der Waals surface area contributed by atoms with Gasteiger partial charge in [0.15, 0.2) is 0 Å². The molecule has 5 nitrogen and oxygen atoms in total. The largest absolute Gasteiger partial charge is 0.318 e. The summed E-state index contributed by atoms with van der Waals surface area (Å²) in [5, 5.41) is 12.8. The van der Waals surface area contributed by atoms with Gasteiger partial charge < -0.3 is 10.6 Å². The summed E-state index contributed by atoms with van der Waals surface area (Å²) in [6, 6.07) is 10.7. The van der Waals surface area contributed by atoms with Gasteiger partial charge in [0.05, 0.1) is 11.6 Å². The molecule has 0 aliphatic rings. The predicted octanol–water partition coefficient (Wildman–Crippen LogP) is 2.41. The summed E-state index contributed by atoms with van der Waals surface area (Å²) >= 11 is 0. The Balaban J connectivity index is 2.06. The molecule has 2 N–H and O–H groups in total. The number of nitriles is 1. The van der Waals surface area contributed by atoms with Gasteiger partial charge in [-0.3, -0.25) is 9.59 Å². The van der Waals surface area contributed by atoms with Crippen LogP contribution in [0.5, 0.6) is 0 Å². The van der Waals surface area contributed by atoms with E-state index in [1.165, 1.54) is 24.3 Å². The fraction of sp³-hybridized carbons (Fsp3) is 0. The number of rotatable bonds is 2. The highest BCUT2D eigenvalue weighted by Gasteiger charge is 2.18. The zero-order valence-electron chi connectivity index (χ0n) is 11.1. The lowest BCUT2D eigenvalue weighted by Crippen LogP contribution is -2.29. The molecule has 7 heteroatoms. The third-order valence-corrected chi connectivity index (χ3v) is 2.68. The number of para-hydroxylation sites is 1. The van der Waals surface area contributed by atoms with E-state index in [0.717, 1.165) is 18.2 Å². The van der Waals surface area contributed by atoms with Crippen molar-refractivity contribution in [2.75, 3.05) is 10.6 Å². The molecule has 2 rings (SSSR count). The van der Waals surface area contributed by atoms with E-state index in [-0.39, 0.29) is 5.69 Å². The number of carbonyl (C=O) groups is 2. The van der Waals surface area contributed by atoms with Crippen LogP contribution >= 0.6 is 0 Å². The van der Waals surface area contributed by atoms with E-state index in [4.69, 9.17) is 5.26 Å². The van der Waals surface area contributed by atoms with Crippen LogP contribution in [0.3, 0.4) is 0 Å². The van der Waals surface area contributed by atoms with Crippen molar-refractivity contribution in [2.24, 2.45) is 0 Å². The molecule has 2 aromatic carbocycles. The predicted molar refractivity (Wildman–Crippen MR) is 74.8 cm³/mol. The van der Waals surface area contributed by atoms with Crippen molar-refractivity contribution in [3.05, 3.63) is 59.7 Å². The van der Waals surface area contributed by atoms with Crippen LogP contribution < -0.4 is 10.6 Å². The Hall–Kier alpha value is -3.27. The van der Waals surface area contributed by atoms with E-state index < -0.39 is 29.1 Å². The Kier molecular flexibility index (Phi) is 4.44. The monoisotopic (exact) mass is 301 g/mol. The molecular weight excluding hydrogens is 292 g/mol. The Morgan fingerprint density at radius 1 is 0.909 bits per heavy atom. The first-order valence-corrected chi connectivity index (χ1v) is 6.08. The molecule has 0 saturated heterocycles. The zero-order valence-corrected chi connectivity index (χ0v) is 11.1. The molecule has 0 spiro atoms. The summed E-state index contributed by atoms with van der Waals surface area (Å²) in [4.78, 5) is 23.3. The number of anilines is 2. The highest BCUT2D eigenvalue weighted by molar-refractivity contribution is 6.43. The van der Waals surface area contributed by atoms with Gasteiger partial charge in [-0.2, -0.15) is 5.26 Å². The van der Waals surface area contributed by atoms with Gasteiger partial charge in [-0.1, -0.05) is 6.07 Å². The zero-order chi connectivity index (χ0) is 16.1. The smallest absolute Gasteiger partial charge is 0.314 e. The van der Waals surface area contributed by atoms with Gasteiger partial charge in [0.2, 0.25) is 0 Å². The van der Waals surface area contributed by atoms with Gasteiger partial charge in [-0.25, -0.2) is 8.78 Å². The Morgan fingerprint density at radius 2 is 1.45 bits per heavy atom. The number of halogens is 2. The standard InChI is InChI=1S/C15H9F2N3O2/c16-11-2-1-3-12(17)13(11)20-15(22)14(21)19-10-6-4-9(8-18)5-7-10/h1-7H,(H,19,21)(H,20,22). The fourth-order valence-corrected chi connectivity index (χ4v) is 1.60. The summed E-state index contributed by atoms with van der Waals surface area (Å²) in [5.74, 6) is -4.28. The molecular formula is C15H9F2N3O2. The summed E-state index contributed by atoms with van der Waals surface area (Å²) in [7, 11) is 0. The molecule has 0 aliphatic carbocycles. The molecule has 0 aliphatic heterocycles. The maximum absolute atomic E-state index is 13.4. The van der Waals surface area contributed by atoms with E-state index in [1.54, 1.807) is 0 Å². The first kappa shape index (κ1) is 15.1. The number of nitrogens with zero attached hydrogens (tertiary/aromatic N) is 1. The molecule has 0 unspecified atom stereocenters. The van der Waals surface area contributed by atoms with Gasteiger partial charge in [0, 0.05) is 5.69 Å². The second kappa shape index (κ2) is 6.45. The van der Waals surface area contributed by atoms with Gasteiger partial charge >= 0.3 is 11.8 Å².